The fourth-order valence-corrected chi connectivity index (χ4v) is 2.21. The molecule has 0 aliphatic carbocycles. The number of methoxy groups -OCH3 is 1. The molecular weight excluding hydrogens is 334 g/mol. The van der Waals surface area contributed by atoms with Gasteiger partial charge in [0.2, 0.25) is 5.88 Å². The van der Waals surface area contributed by atoms with Gasteiger partial charge in [-0.1, -0.05) is 0 Å². The fourth-order valence-electron chi connectivity index (χ4n) is 2.21. The summed E-state index contributed by atoms with van der Waals surface area (Å²) in [5.74, 6) is -3.05. The first-order valence-corrected chi connectivity index (χ1v) is 7.14. The van der Waals surface area contributed by atoms with Crippen molar-refractivity contribution in [1.29, 1.82) is 0 Å². The molecule has 3 rings (SSSR count). The Morgan fingerprint density at radius 1 is 1.32 bits per heavy atom. The Balaban J connectivity index is 1.85. The molecule has 0 aliphatic heterocycles. The highest BCUT2D eigenvalue weighted by Crippen LogP contribution is 2.15. The number of pyridine rings is 1. The van der Waals surface area contributed by atoms with Crippen molar-refractivity contribution in [3.63, 3.8) is 0 Å². The molecule has 9 heteroatoms. The summed E-state index contributed by atoms with van der Waals surface area (Å²) in [6.07, 6.45) is 1.52. The Bertz CT molecular complexity index is 1020. The average molecular weight is 346 g/mol. The second kappa shape index (κ2) is 6.63. The summed E-state index contributed by atoms with van der Waals surface area (Å²) >= 11 is 0. The minimum Gasteiger partial charge on any atom is -0.481 e. The van der Waals surface area contributed by atoms with Crippen molar-refractivity contribution in [2.24, 2.45) is 0 Å². The Hall–Kier alpha value is -3.36. The van der Waals surface area contributed by atoms with Crippen molar-refractivity contribution < 1.29 is 18.3 Å². The lowest BCUT2D eigenvalue weighted by atomic mass is 10.2. The number of nitrogens with one attached hydrogen (secondary N) is 2. The van der Waals surface area contributed by atoms with Crippen LogP contribution in [0.2, 0.25) is 0 Å². The van der Waals surface area contributed by atoms with Crippen molar-refractivity contribution in [2.45, 2.75) is 6.54 Å². The van der Waals surface area contributed by atoms with Crippen molar-refractivity contribution in [3.05, 3.63) is 63.8 Å². The summed E-state index contributed by atoms with van der Waals surface area (Å²) < 4.78 is 31.9. The van der Waals surface area contributed by atoms with Crippen LogP contribution in [-0.2, 0) is 6.54 Å². The van der Waals surface area contributed by atoms with Crippen LogP contribution in [0.4, 0.5) is 8.78 Å². The van der Waals surface area contributed by atoms with Gasteiger partial charge in [0, 0.05) is 18.8 Å². The highest BCUT2D eigenvalue weighted by molar-refractivity contribution is 5.92. The van der Waals surface area contributed by atoms with Crippen molar-refractivity contribution >= 4 is 16.8 Å². The Labute approximate surface area is 139 Å². The number of aromatic amines is 1. The van der Waals surface area contributed by atoms with Crippen molar-refractivity contribution in [3.8, 4) is 5.88 Å². The van der Waals surface area contributed by atoms with Gasteiger partial charge in [-0.05, 0) is 23.8 Å². The average Bonchev–Trinajstić information content (AvgIpc) is 2.62. The maximum atomic E-state index is 13.7. The molecule has 128 valence electrons. The van der Waals surface area contributed by atoms with Gasteiger partial charge in [0.1, 0.15) is 5.39 Å². The van der Waals surface area contributed by atoms with E-state index in [-0.39, 0.29) is 17.9 Å². The molecule has 1 aromatic carbocycles. The van der Waals surface area contributed by atoms with Crippen LogP contribution < -0.4 is 15.6 Å². The lowest BCUT2D eigenvalue weighted by Crippen LogP contribution is -2.28. The van der Waals surface area contributed by atoms with Gasteiger partial charge in [-0.3, -0.25) is 9.59 Å². The molecule has 0 spiro atoms. The van der Waals surface area contributed by atoms with E-state index < -0.39 is 28.5 Å². The number of hydrogen-bond donors (Lipinski definition) is 2. The third-order valence-electron chi connectivity index (χ3n) is 3.44. The number of amides is 1. The SMILES string of the molecule is COc1cc(CNC(=O)c2nc3ccc(F)c(F)c3c(=O)[nH]2)ccn1. The van der Waals surface area contributed by atoms with Gasteiger partial charge in [-0.25, -0.2) is 18.7 Å². The molecule has 25 heavy (non-hydrogen) atoms. The molecule has 0 aliphatic rings. The van der Waals surface area contributed by atoms with E-state index in [9.17, 15) is 18.4 Å². The van der Waals surface area contributed by atoms with Crippen LogP contribution in [-0.4, -0.2) is 28.0 Å². The molecule has 0 atom stereocenters. The quantitative estimate of drug-likeness (QED) is 0.747. The van der Waals surface area contributed by atoms with Crippen LogP contribution in [0, 0.1) is 11.6 Å². The normalized spacial score (nSPS) is 10.7. The minimum absolute atomic E-state index is 0.113. The summed E-state index contributed by atoms with van der Waals surface area (Å²) in [7, 11) is 1.47. The standard InChI is InChI=1S/C16H12F2N4O3/c1-25-11-6-8(4-5-19-11)7-20-16(24)14-21-10-3-2-9(17)13(18)12(10)15(23)22-14/h2-6H,7H2,1H3,(H,20,24)(H,21,22,23). The maximum absolute atomic E-state index is 13.7. The van der Waals surface area contributed by atoms with Crippen molar-refractivity contribution in [2.75, 3.05) is 7.11 Å². The van der Waals surface area contributed by atoms with Crippen LogP contribution in [0.25, 0.3) is 10.9 Å². The summed E-state index contributed by atoms with van der Waals surface area (Å²) in [5, 5.41) is 2.03. The topological polar surface area (TPSA) is 97.0 Å². The lowest BCUT2D eigenvalue weighted by Gasteiger charge is -2.07. The zero-order chi connectivity index (χ0) is 18.0. The minimum atomic E-state index is -1.30. The second-order valence-corrected chi connectivity index (χ2v) is 5.06. The number of benzene rings is 1. The van der Waals surface area contributed by atoms with Crippen LogP contribution in [0.1, 0.15) is 16.2 Å². The van der Waals surface area contributed by atoms with E-state index in [0.29, 0.717) is 5.88 Å². The van der Waals surface area contributed by atoms with Gasteiger partial charge in [-0.2, -0.15) is 0 Å². The van der Waals surface area contributed by atoms with Gasteiger partial charge in [0.25, 0.3) is 11.5 Å². The first-order valence-electron chi connectivity index (χ1n) is 7.14. The number of H-pyrrole nitrogens is 1. The first kappa shape index (κ1) is 16.5. The van der Waals surface area contributed by atoms with Crippen LogP contribution >= 0.6 is 0 Å². The number of fused-ring (bicyclic) bond motifs is 1. The number of ether oxygens (including phenoxy) is 1. The summed E-state index contributed by atoms with van der Waals surface area (Å²) in [4.78, 5) is 34.1. The molecule has 0 saturated carbocycles. The van der Waals surface area contributed by atoms with E-state index in [0.717, 1.165) is 17.7 Å². The number of carbonyl (C=O) groups is 1. The molecule has 2 aromatic heterocycles. The zero-order valence-electron chi connectivity index (χ0n) is 13.0. The van der Waals surface area contributed by atoms with Crippen LogP contribution in [0.5, 0.6) is 5.88 Å². The summed E-state index contributed by atoms with van der Waals surface area (Å²) in [5.41, 5.74) is -0.326. The third-order valence-corrected chi connectivity index (χ3v) is 3.44. The number of aromatic nitrogens is 3. The molecule has 0 fully saturated rings. The predicted octanol–water partition coefficient (Wildman–Crippen LogP) is 1.53. The first-order chi connectivity index (χ1) is 12.0. The van der Waals surface area contributed by atoms with E-state index in [1.807, 2.05) is 0 Å². The number of halogens is 2. The molecule has 0 radical (unpaired) electrons. The summed E-state index contributed by atoms with van der Waals surface area (Å²) in [6, 6.07) is 5.29. The molecule has 2 heterocycles. The number of rotatable bonds is 4. The Morgan fingerprint density at radius 3 is 2.88 bits per heavy atom. The summed E-state index contributed by atoms with van der Waals surface area (Å²) in [6.45, 7) is 0.136. The second-order valence-electron chi connectivity index (χ2n) is 5.06. The van der Waals surface area contributed by atoms with Gasteiger partial charge < -0.3 is 15.0 Å². The zero-order valence-corrected chi connectivity index (χ0v) is 13.0. The Morgan fingerprint density at radius 2 is 2.12 bits per heavy atom. The van der Waals surface area contributed by atoms with Gasteiger partial charge in [0.05, 0.1) is 12.6 Å². The van der Waals surface area contributed by atoms with Crippen LogP contribution in [0.15, 0.2) is 35.3 Å². The van der Waals surface area contributed by atoms with Gasteiger partial charge >= 0.3 is 0 Å². The monoisotopic (exact) mass is 346 g/mol. The van der Waals surface area contributed by atoms with Crippen LogP contribution in [0.3, 0.4) is 0 Å². The molecular formula is C16H12F2N4O3. The number of nitrogens with zero attached hydrogens (tertiary/aromatic N) is 2. The van der Waals surface area contributed by atoms with E-state index in [1.165, 1.54) is 13.3 Å². The highest BCUT2D eigenvalue weighted by atomic mass is 19.2. The van der Waals surface area contributed by atoms with E-state index in [4.69, 9.17) is 4.74 Å². The fraction of sp³-hybridized carbons (Fsp3) is 0.125. The molecule has 0 unspecified atom stereocenters. The highest BCUT2D eigenvalue weighted by Gasteiger charge is 2.16. The number of hydrogen-bond acceptors (Lipinski definition) is 5. The molecule has 7 nitrogen and oxygen atoms in total. The number of carbonyl (C=O) groups excluding carboxylic acids is 1. The van der Waals surface area contributed by atoms with Gasteiger partial charge in [-0.15, -0.1) is 0 Å². The molecule has 0 bridgehead atoms. The molecule has 0 saturated heterocycles. The lowest BCUT2D eigenvalue weighted by molar-refractivity contribution is 0.0940. The van der Waals surface area contributed by atoms with E-state index >= 15 is 0 Å². The van der Waals surface area contributed by atoms with Crippen molar-refractivity contribution in [1.82, 2.24) is 20.3 Å². The van der Waals surface area contributed by atoms with Gasteiger partial charge in [0.15, 0.2) is 17.5 Å². The molecule has 3 aromatic rings. The third kappa shape index (κ3) is 3.30. The Kier molecular flexibility index (Phi) is 4.38. The van der Waals surface area contributed by atoms with E-state index in [2.05, 4.69) is 20.3 Å². The maximum Gasteiger partial charge on any atom is 0.287 e. The largest absolute Gasteiger partial charge is 0.481 e. The molecule has 1 amide bonds. The smallest absolute Gasteiger partial charge is 0.287 e. The molecule has 2 N–H and O–H groups in total. The predicted molar refractivity (Wildman–Crippen MR) is 84.2 cm³/mol. The van der Waals surface area contributed by atoms with E-state index in [1.54, 1.807) is 12.1 Å².